The second kappa shape index (κ2) is 8.51. The fourth-order valence-corrected chi connectivity index (χ4v) is 3.97. The number of likely N-dealkylation sites (tertiary alicyclic amines) is 2. The van der Waals surface area contributed by atoms with Crippen LogP contribution in [0, 0.1) is 5.92 Å². The van der Waals surface area contributed by atoms with E-state index in [1.807, 2.05) is 28.0 Å². The molecule has 0 bridgehead atoms. The van der Waals surface area contributed by atoms with Gasteiger partial charge in [0, 0.05) is 44.6 Å². The molecule has 0 saturated carbocycles. The number of nitrogens with one attached hydrogen (secondary N) is 1. The largest absolute Gasteiger partial charge is 0.338 e. The molecule has 0 spiro atoms. The van der Waals surface area contributed by atoms with Gasteiger partial charge in [-0.1, -0.05) is 0 Å². The SMILES string of the molecule is CN1CCCC1CCNC(=O)N1CCC(CCn2cccn2)CC1. The smallest absolute Gasteiger partial charge is 0.317 e. The molecule has 6 heteroatoms. The van der Waals surface area contributed by atoms with Crippen LogP contribution in [-0.4, -0.2) is 64.9 Å². The molecule has 3 rings (SSSR count). The van der Waals surface area contributed by atoms with Gasteiger partial charge in [0.15, 0.2) is 0 Å². The van der Waals surface area contributed by atoms with Crippen molar-refractivity contribution in [2.45, 2.75) is 51.1 Å². The van der Waals surface area contributed by atoms with Crippen LogP contribution in [0.1, 0.15) is 38.5 Å². The highest BCUT2D eigenvalue weighted by Gasteiger charge is 2.24. The normalized spacial score (nSPS) is 22.9. The van der Waals surface area contributed by atoms with Crippen LogP contribution in [0.4, 0.5) is 4.79 Å². The Morgan fingerprint density at radius 2 is 2.04 bits per heavy atom. The molecule has 1 aromatic rings. The van der Waals surface area contributed by atoms with E-state index >= 15 is 0 Å². The topological polar surface area (TPSA) is 53.4 Å². The Kier molecular flexibility index (Phi) is 6.12. The quantitative estimate of drug-likeness (QED) is 0.868. The molecular formula is C18H31N5O. The number of amides is 2. The van der Waals surface area contributed by atoms with Gasteiger partial charge in [0.25, 0.3) is 0 Å². The Balaban J connectivity index is 1.30. The van der Waals surface area contributed by atoms with E-state index in [2.05, 4.69) is 22.4 Å². The third-order valence-electron chi connectivity index (χ3n) is 5.65. The second-order valence-corrected chi connectivity index (χ2v) is 7.29. The predicted octanol–water partition coefficient (Wildman–Crippen LogP) is 2.18. The van der Waals surface area contributed by atoms with E-state index in [1.165, 1.54) is 19.4 Å². The molecule has 24 heavy (non-hydrogen) atoms. The van der Waals surface area contributed by atoms with Gasteiger partial charge in [-0.15, -0.1) is 0 Å². The first-order valence-corrected chi connectivity index (χ1v) is 9.43. The molecule has 2 aliphatic rings. The number of carbonyl (C=O) groups excluding carboxylic acids is 1. The highest BCUT2D eigenvalue weighted by Crippen LogP contribution is 2.21. The van der Waals surface area contributed by atoms with Crippen molar-refractivity contribution < 1.29 is 4.79 Å². The summed E-state index contributed by atoms with van der Waals surface area (Å²) in [4.78, 5) is 16.7. The van der Waals surface area contributed by atoms with Gasteiger partial charge < -0.3 is 15.1 Å². The average molecular weight is 333 g/mol. The van der Waals surface area contributed by atoms with Crippen LogP contribution in [0.2, 0.25) is 0 Å². The molecule has 6 nitrogen and oxygen atoms in total. The van der Waals surface area contributed by atoms with Crippen molar-refractivity contribution in [2.24, 2.45) is 5.92 Å². The minimum atomic E-state index is 0.126. The van der Waals surface area contributed by atoms with Gasteiger partial charge >= 0.3 is 6.03 Å². The molecule has 3 heterocycles. The summed E-state index contributed by atoms with van der Waals surface area (Å²) >= 11 is 0. The summed E-state index contributed by atoms with van der Waals surface area (Å²) in [5.74, 6) is 0.713. The molecule has 2 amide bonds. The van der Waals surface area contributed by atoms with Crippen LogP contribution in [0.3, 0.4) is 0 Å². The van der Waals surface area contributed by atoms with Crippen LogP contribution in [-0.2, 0) is 6.54 Å². The van der Waals surface area contributed by atoms with Crippen LogP contribution in [0.5, 0.6) is 0 Å². The third kappa shape index (κ3) is 4.72. The number of nitrogens with zero attached hydrogens (tertiary/aromatic N) is 4. The van der Waals surface area contributed by atoms with Crippen molar-refractivity contribution in [1.82, 2.24) is 24.9 Å². The second-order valence-electron chi connectivity index (χ2n) is 7.29. The van der Waals surface area contributed by atoms with Gasteiger partial charge in [0.05, 0.1) is 0 Å². The maximum Gasteiger partial charge on any atom is 0.317 e. The van der Waals surface area contributed by atoms with Crippen molar-refractivity contribution in [1.29, 1.82) is 0 Å². The zero-order valence-electron chi connectivity index (χ0n) is 14.9. The first kappa shape index (κ1) is 17.3. The van der Waals surface area contributed by atoms with Crippen molar-refractivity contribution in [2.75, 3.05) is 33.2 Å². The fourth-order valence-electron chi connectivity index (χ4n) is 3.97. The maximum absolute atomic E-state index is 12.3. The minimum absolute atomic E-state index is 0.126. The van der Waals surface area contributed by atoms with Gasteiger partial charge in [0.2, 0.25) is 0 Å². The van der Waals surface area contributed by atoms with Crippen molar-refractivity contribution in [3.05, 3.63) is 18.5 Å². The molecule has 1 aromatic heterocycles. The zero-order valence-corrected chi connectivity index (χ0v) is 14.9. The Morgan fingerprint density at radius 3 is 2.71 bits per heavy atom. The van der Waals surface area contributed by atoms with E-state index in [1.54, 1.807) is 0 Å². The number of hydrogen-bond acceptors (Lipinski definition) is 3. The zero-order chi connectivity index (χ0) is 16.8. The number of aryl methyl sites for hydroxylation is 1. The van der Waals surface area contributed by atoms with E-state index in [0.717, 1.165) is 51.9 Å². The first-order chi connectivity index (χ1) is 11.7. The summed E-state index contributed by atoms with van der Waals surface area (Å²) in [7, 11) is 2.19. The van der Waals surface area contributed by atoms with Crippen molar-refractivity contribution >= 4 is 6.03 Å². The molecule has 1 atom stereocenters. The maximum atomic E-state index is 12.3. The summed E-state index contributed by atoms with van der Waals surface area (Å²) in [6.45, 7) is 4.76. The predicted molar refractivity (Wildman–Crippen MR) is 94.8 cm³/mol. The van der Waals surface area contributed by atoms with E-state index in [9.17, 15) is 4.79 Å². The molecule has 1 N–H and O–H groups in total. The van der Waals surface area contributed by atoms with Gasteiger partial charge in [-0.2, -0.15) is 5.10 Å². The average Bonchev–Trinajstić information content (AvgIpc) is 3.25. The first-order valence-electron chi connectivity index (χ1n) is 9.43. The Bertz CT molecular complexity index is 496. The lowest BCUT2D eigenvalue weighted by Gasteiger charge is -2.32. The lowest BCUT2D eigenvalue weighted by Crippen LogP contribution is -2.45. The van der Waals surface area contributed by atoms with E-state index in [-0.39, 0.29) is 6.03 Å². The van der Waals surface area contributed by atoms with E-state index < -0.39 is 0 Å². The van der Waals surface area contributed by atoms with Crippen molar-refractivity contribution in [3.8, 4) is 0 Å². The standard InChI is InChI=1S/C18H31N5O/c1-21-11-2-4-17(21)5-10-19-18(24)22-13-6-16(7-14-22)8-15-23-12-3-9-20-23/h3,9,12,16-17H,2,4-8,10-11,13-15H2,1H3,(H,19,24). The Hall–Kier alpha value is -1.56. The summed E-state index contributed by atoms with van der Waals surface area (Å²) in [5.41, 5.74) is 0. The number of hydrogen-bond donors (Lipinski definition) is 1. The molecule has 134 valence electrons. The summed E-state index contributed by atoms with van der Waals surface area (Å²) in [6, 6.07) is 2.75. The monoisotopic (exact) mass is 333 g/mol. The van der Waals surface area contributed by atoms with Crippen LogP contribution >= 0.6 is 0 Å². The van der Waals surface area contributed by atoms with Gasteiger partial charge in [-0.25, -0.2) is 4.79 Å². The Labute approximate surface area is 145 Å². The van der Waals surface area contributed by atoms with Gasteiger partial charge in [-0.05, 0) is 64.1 Å². The summed E-state index contributed by atoms with van der Waals surface area (Å²) < 4.78 is 2.00. The van der Waals surface area contributed by atoms with Gasteiger partial charge in [-0.3, -0.25) is 4.68 Å². The van der Waals surface area contributed by atoms with Crippen LogP contribution in [0.15, 0.2) is 18.5 Å². The highest BCUT2D eigenvalue weighted by atomic mass is 16.2. The molecule has 0 radical (unpaired) electrons. The molecule has 0 aromatic carbocycles. The number of rotatable bonds is 6. The Morgan fingerprint density at radius 1 is 1.21 bits per heavy atom. The number of aromatic nitrogens is 2. The molecule has 0 aliphatic carbocycles. The summed E-state index contributed by atoms with van der Waals surface area (Å²) in [6.07, 6.45) is 10.9. The molecule has 1 unspecified atom stereocenters. The van der Waals surface area contributed by atoms with Crippen molar-refractivity contribution in [3.63, 3.8) is 0 Å². The fraction of sp³-hybridized carbons (Fsp3) is 0.778. The molecular weight excluding hydrogens is 302 g/mol. The number of piperidine rings is 1. The van der Waals surface area contributed by atoms with Crippen LogP contribution < -0.4 is 5.32 Å². The van der Waals surface area contributed by atoms with Crippen LogP contribution in [0.25, 0.3) is 0 Å². The number of urea groups is 1. The lowest BCUT2D eigenvalue weighted by molar-refractivity contribution is 0.165. The molecule has 2 aliphatic heterocycles. The van der Waals surface area contributed by atoms with E-state index in [0.29, 0.717) is 12.0 Å². The minimum Gasteiger partial charge on any atom is -0.338 e. The third-order valence-corrected chi connectivity index (χ3v) is 5.65. The molecule has 2 fully saturated rings. The summed E-state index contributed by atoms with van der Waals surface area (Å²) in [5, 5.41) is 7.37. The van der Waals surface area contributed by atoms with Gasteiger partial charge in [0.1, 0.15) is 0 Å². The molecule has 2 saturated heterocycles. The highest BCUT2D eigenvalue weighted by molar-refractivity contribution is 5.74. The van der Waals surface area contributed by atoms with E-state index in [4.69, 9.17) is 0 Å². The number of carbonyl (C=O) groups is 1. The lowest BCUT2D eigenvalue weighted by atomic mass is 9.94.